The summed E-state index contributed by atoms with van der Waals surface area (Å²) in [5, 5.41) is 4.19. The Morgan fingerprint density at radius 3 is 2.56 bits per heavy atom. The van der Waals surface area contributed by atoms with Gasteiger partial charge in [0.15, 0.2) is 0 Å². The second-order valence-electron chi connectivity index (χ2n) is 4.36. The topological polar surface area (TPSA) is 12.0 Å². The summed E-state index contributed by atoms with van der Waals surface area (Å²) < 4.78 is 1.04. The standard InChI is InChI=1S/C15H15BrClN/c1-10-5-3-4-6-12(10)9-18-15-8-14(17)11(2)7-13(15)16/h3-8,18H,9H2,1-2H3. The van der Waals surface area contributed by atoms with Gasteiger partial charge in [-0.15, -0.1) is 0 Å². The largest absolute Gasteiger partial charge is 0.380 e. The molecule has 1 nitrogen and oxygen atoms in total. The smallest absolute Gasteiger partial charge is 0.0502 e. The minimum atomic E-state index is 0.783. The highest BCUT2D eigenvalue weighted by Crippen LogP contribution is 2.29. The van der Waals surface area contributed by atoms with Crippen LogP contribution in [0.4, 0.5) is 5.69 Å². The summed E-state index contributed by atoms with van der Waals surface area (Å²) in [6.07, 6.45) is 0. The summed E-state index contributed by atoms with van der Waals surface area (Å²) >= 11 is 9.69. The maximum Gasteiger partial charge on any atom is 0.0502 e. The van der Waals surface area contributed by atoms with E-state index in [2.05, 4.69) is 52.4 Å². The molecule has 18 heavy (non-hydrogen) atoms. The molecule has 0 spiro atoms. The molecule has 2 rings (SSSR count). The number of hydrogen-bond donors (Lipinski definition) is 1. The number of aryl methyl sites for hydroxylation is 2. The maximum atomic E-state index is 6.14. The summed E-state index contributed by atoms with van der Waals surface area (Å²) in [7, 11) is 0. The monoisotopic (exact) mass is 323 g/mol. The fourth-order valence-electron chi connectivity index (χ4n) is 1.78. The van der Waals surface area contributed by atoms with Gasteiger partial charge in [-0.1, -0.05) is 35.9 Å². The molecule has 0 amide bonds. The van der Waals surface area contributed by atoms with Crippen LogP contribution in [0.3, 0.4) is 0 Å². The molecule has 0 aromatic heterocycles. The average Bonchev–Trinajstić information content (AvgIpc) is 2.34. The van der Waals surface area contributed by atoms with Crippen molar-refractivity contribution in [1.29, 1.82) is 0 Å². The van der Waals surface area contributed by atoms with Crippen molar-refractivity contribution in [3.8, 4) is 0 Å². The Kier molecular flexibility index (Phi) is 4.31. The van der Waals surface area contributed by atoms with Crippen molar-refractivity contribution in [2.45, 2.75) is 20.4 Å². The third-order valence-corrected chi connectivity index (χ3v) is 4.04. The molecule has 3 heteroatoms. The molecule has 0 heterocycles. The highest BCUT2D eigenvalue weighted by Gasteiger charge is 2.04. The molecule has 0 saturated carbocycles. The van der Waals surface area contributed by atoms with Gasteiger partial charge in [0.25, 0.3) is 0 Å². The van der Waals surface area contributed by atoms with Gasteiger partial charge in [0, 0.05) is 16.0 Å². The van der Waals surface area contributed by atoms with Gasteiger partial charge < -0.3 is 5.32 Å². The van der Waals surface area contributed by atoms with E-state index in [4.69, 9.17) is 11.6 Å². The minimum Gasteiger partial charge on any atom is -0.380 e. The average molecular weight is 325 g/mol. The van der Waals surface area contributed by atoms with E-state index in [9.17, 15) is 0 Å². The Balaban J connectivity index is 2.16. The Bertz CT molecular complexity index is 566. The van der Waals surface area contributed by atoms with Gasteiger partial charge in [-0.25, -0.2) is 0 Å². The van der Waals surface area contributed by atoms with E-state index < -0.39 is 0 Å². The Morgan fingerprint density at radius 1 is 1.11 bits per heavy atom. The lowest BCUT2D eigenvalue weighted by atomic mass is 10.1. The molecule has 1 N–H and O–H groups in total. The zero-order chi connectivity index (χ0) is 13.1. The molecule has 0 bridgehead atoms. The molecular formula is C15H15BrClN. The highest BCUT2D eigenvalue weighted by molar-refractivity contribution is 9.10. The van der Waals surface area contributed by atoms with E-state index in [-0.39, 0.29) is 0 Å². The van der Waals surface area contributed by atoms with Gasteiger partial charge in [0.2, 0.25) is 0 Å². The van der Waals surface area contributed by atoms with Crippen LogP contribution in [0.2, 0.25) is 5.02 Å². The first-order valence-electron chi connectivity index (χ1n) is 5.82. The van der Waals surface area contributed by atoms with Gasteiger partial charge in [-0.05, 0) is 58.6 Å². The lowest BCUT2D eigenvalue weighted by Crippen LogP contribution is -2.02. The zero-order valence-corrected chi connectivity index (χ0v) is 12.8. The van der Waals surface area contributed by atoms with Gasteiger partial charge in [0.1, 0.15) is 0 Å². The number of benzene rings is 2. The molecule has 2 aromatic rings. The van der Waals surface area contributed by atoms with Crippen LogP contribution in [-0.2, 0) is 6.54 Å². The molecule has 0 aliphatic carbocycles. The van der Waals surface area contributed by atoms with Crippen molar-refractivity contribution in [3.63, 3.8) is 0 Å². The second-order valence-corrected chi connectivity index (χ2v) is 5.62. The molecule has 0 aliphatic rings. The normalized spacial score (nSPS) is 10.4. The van der Waals surface area contributed by atoms with Crippen LogP contribution in [0.1, 0.15) is 16.7 Å². The lowest BCUT2D eigenvalue weighted by Gasteiger charge is -2.12. The quantitative estimate of drug-likeness (QED) is 0.804. The SMILES string of the molecule is Cc1cc(Br)c(NCc2ccccc2C)cc1Cl. The lowest BCUT2D eigenvalue weighted by molar-refractivity contribution is 1.12. The van der Waals surface area contributed by atoms with Crippen LogP contribution < -0.4 is 5.32 Å². The summed E-state index contributed by atoms with van der Waals surface area (Å²) in [6, 6.07) is 12.3. The first-order chi connectivity index (χ1) is 8.58. The van der Waals surface area contributed by atoms with Crippen LogP contribution in [-0.4, -0.2) is 0 Å². The minimum absolute atomic E-state index is 0.783. The van der Waals surface area contributed by atoms with Gasteiger partial charge in [-0.2, -0.15) is 0 Å². The first-order valence-corrected chi connectivity index (χ1v) is 6.99. The van der Waals surface area contributed by atoms with Crippen molar-refractivity contribution in [2.75, 3.05) is 5.32 Å². The maximum absolute atomic E-state index is 6.14. The number of halogens is 2. The highest BCUT2D eigenvalue weighted by atomic mass is 79.9. The summed E-state index contributed by atoms with van der Waals surface area (Å²) in [5.74, 6) is 0. The van der Waals surface area contributed by atoms with Gasteiger partial charge in [-0.3, -0.25) is 0 Å². The van der Waals surface area contributed by atoms with Crippen LogP contribution in [0.25, 0.3) is 0 Å². The van der Waals surface area contributed by atoms with E-state index in [0.29, 0.717) is 0 Å². The Morgan fingerprint density at radius 2 is 1.83 bits per heavy atom. The van der Waals surface area contributed by atoms with Crippen molar-refractivity contribution in [3.05, 3.63) is 62.6 Å². The van der Waals surface area contributed by atoms with Gasteiger partial charge in [0.05, 0.1) is 5.69 Å². The molecule has 0 aliphatic heterocycles. The van der Waals surface area contributed by atoms with Crippen LogP contribution >= 0.6 is 27.5 Å². The second kappa shape index (κ2) is 5.77. The fraction of sp³-hybridized carbons (Fsp3) is 0.200. The van der Waals surface area contributed by atoms with Crippen LogP contribution in [0, 0.1) is 13.8 Å². The Labute approximate surface area is 121 Å². The molecule has 0 atom stereocenters. The van der Waals surface area contributed by atoms with E-state index in [1.807, 2.05) is 19.1 Å². The molecule has 0 unspecified atom stereocenters. The Hall–Kier alpha value is -0.990. The summed E-state index contributed by atoms with van der Waals surface area (Å²) in [6.45, 7) is 4.91. The van der Waals surface area contributed by atoms with E-state index in [0.717, 1.165) is 27.3 Å². The third kappa shape index (κ3) is 3.06. The third-order valence-electron chi connectivity index (χ3n) is 2.98. The molecule has 0 saturated heterocycles. The molecule has 94 valence electrons. The van der Waals surface area contributed by atoms with Crippen molar-refractivity contribution < 1.29 is 0 Å². The van der Waals surface area contributed by atoms with E-state index in [1.165, 1.54) is 11.1 Å². The molecule has 2 aromatic carbocycles. The number of anilines is 1. The number of rotatable bonds is 3. The molecule has 0 fully saturated rings. The number of hydrogen-bond acceptors (Lipinski definition) is 1. The number of nitrogens with one attached hydrogen (secondary N) is 1. The first kappa shape index (κ1) is 13.4. The van der Waals surface area contributed by atoms with Crippen molar-refractivity contribution in [2.24, 2.45) is 0 Å². The van der Waals surface area contributed by atoms with Crippen LogP contribution in [0.15, 0.2) is 40.9 Å². The summed E-state index contributed by atoms with van der Waals surface area (Å²) in [4.78, 5) is 0. The fourth-order valence-corrected chi connectivity index (χ4v) is 2.54. The van der Waals surface area contributed by atoms with Crippen molar-refractivity contribution in [1.82, 2.24) is 0 Å². The van der Waals surface area contributed by atoms with Gasteiger partial charge >= 0.3 is 0 Å². The molecular weight excluding hydrogens is 310 g/mol. The van der Waals surface area contributed by atoms with E-state index in [1.54, 1.807) is 0 Å². The van der Waals surface area contributed by atoms with Crippen LogP contribution in [0.5, 0.6) is 0 Å². The van der Waals surface area contributed by atoms with E-state index >= 15 is 0 Å². The zero-order valence-electron chi connectivity index (χ0n) is 10.4. The predicted octanol–water partition coefficient (Wildman–Crippen LogP) is 5.33. The predicted molar refractivity (Wildman–Crippen MR) is 82.4 cm³/mol. The molecule has 0 radical (unpaired) electrons. The summed E-state index contributed by atoms with van der Waals surface area (Å²) in [5.41, 5.74) is 4.68. The van der Waals surface area contributed by atoms with Crippen molar-refractivity contribution >= 4 is 33.2 Å².